The first kappa shape index (κ1) is 14.5. The van der Waals surface area contributed by atoms with Gasteiger partial charge in [-0.2, -0.15) is 10.1 Å². The van der Waals surface area contributed by atoms with E-state index in [9.17, 15) is 9.59 Å². The minimum atomic E-state index is -0.679. The van der Waals surface area contributed by atoms with Crippen molar-refractivity contribution in [1.29, 1.82) is 0 Å². The monoisotopic (exact) mass is 319 g/mol. The lowest BCUT2D eigenvalue weighted by molar-refractivity contribution is -0.123. The molecule has 7 nitrogen and oxygen atoms in total. The summed E-state index contributed by atoms with van der Waals surface area (Å²) in [7, 11) is 0. The summed E-state index contributed by atoms with van der Waals surface area (Å²) in [6, 6.07) is 6.15. The van der Waals surface area contributed by atoms with Crippen LogP contribution in [0.1, 0.15) is 25.2 Å². The number of benzene rings is 1. The van der Waals surface area contributed by atoms with Crippen molar-refractivity contribution in [2.45, 2.75) is 25.8 Å². The predicted molar refractivity (Wildman–Crippen MR) is 81.8 cm³/mol. The highest BCUT2D eigenvalue weighted by Gasteiger charge is 2.34. The second-order valence-electron chi connectivity index (χ2n) is 4.92. The molecule has 2 heterocycles. The SMILES string of the molecule is CCc1nc2n(n1)[C@H](CC(=O)Nc1cccc(Cl)c1)C(=O)N2. The molecule has 0 spiro atoms. The number of carbonyl (C=O) groups is 2. The number of anilines is 2. The second-order valence-corrected chi connectivity index (χ2v) is 5.35. The van der Waals surface area contributed by atoms with Gasteiger partial charge in [0, 0.05) is 17.1 Å². The van der Waals surface area contributed by atoms with Gasteiger partial charge in [0.1, 0.15) is 6.04 Å². The molecule has 0 aliphatic carbocycles. The Hall–Kier alpha value is -2.41. The summed E-state index contributed by atoms with van der Waals surface area (Å²) in [5.74, 6) is 0.459. The highest BCUT2D eigenvalue weighted by molar-refractivity contribution is 6.30. The van der Waals surface area contributed by atoms with Gasteiger partial charge in [-0.1, -0.05) is 24.6 Å². The summed E-state index contributed by atoms with van der Waals surface area (Å²) < 4.78 is 1.47. The van der Waals surface area contributed by atoms with E-state index in [1.54, 1.807) is 24.3 Å². The van der Waals surface area contributed by atoms with Gasteiger partial charge in [-0.15, -0.1) is 0 Å². The predicted octanol–water partition coefficient (Wildman–Crippen LogP) is 2.02. The molecule has 2 aromatic rings. The van der Waals surface area contributed by atoms with Gasteiger partial charge >= 0.3 is 0 Å². The Labute approximate surface area is 131 Å². The smallest absolute Gasteiger partial charge is 0.252 e. The molecule has 22 heavy (non-hydrogen) atoms. The van der Waals surface area contributed by atoms with Crippen LogP contribution in [-0.4, -0.2) is 26.6 Å². The zero-order chi connectivity index (χ0) is 15.7. The van der Waals surface area contributed by atoms with E-state index in [2.05, 4.69) is 20.7 Å². The summed E-state index contributed by atoms with van der Waals surface area (Å²) >= 11 is 5.87. The van der Waals surface area contributed by atoms with E-state index >= 15 is 0 Å². The molecule has 0 bridgehead atoms. The number of rotatable bonds is 4. The highest BCUT2D eigenvalue weighted by Crippen LogP contribution is 2.25. The fourth-order valence-electron chi connectivity index (χ4n) is 2.26. The summed E-state index contributed by atoms with van der Waals surface area (Å²) in [5, 5.41) is 10.1. The molecular formula is C14H14ClN5O2. The third-order valence-electron chi connectivity index (χ3n) is 3.31. The van der Waals surface area contributed by atoms with Crippen molar-refractivity contribution in [2.75, 3.05) is 10.6 Å². The number of nitrogens with zero attached hydrogens (tertiary/aromatic N) is 3. The topological polar surface area (TPSA) is 88.9 Å². The van der Waals surface area contributed by atoms with Crippen LogP contribution in [0.15, 0.2) is 24.3 Å². The first-order chi connectivity index (χ1) is 10.6. The fourth-order valence-corrected chi connectivity index (χ4v) is 2.45. The van der Waals surface area contributed by atoms with E-state index in [4.69, 9.17) is 11.6 Å². The largest absolute Gasteiger partial charge is 0.326 e. The van der Waals surface area contributed by atoms with Gasteiger partial charge in [0.15, 0.2) is 5.82 Å². The van der Waals surface area contributed by atoms with Gasteiger partial charge in [0.2, 0.25) is 11.9 Å². The van der Waals surface area contributed by atoms with Crippen LogP contribution in [0.25, 0.3) is 0 Å². The molecule has 0 unspecified atom stereocenters. The zero-order valence-electron chi connectivity index (χ0n) is 11.8. The Morgan fingerprint density at radius 1 is 1.50 bits per heavy atom. The first-order valence-electron chi connectivity index (χ1n) is 6.88. The molecular weight excluding hydrogens is 306 g/mol. The molecule has 0 radical (unpaired) electrons. The molecule has 1 aliphatic rings. The normalized spacial score (nSPS) is 16.3. The molecule has 0 saturated heterocycles. The Balaban J connectivity index is 1.71. The van der Waals surface area contributed by atoms with Crippen molar-refractivity contribution >= 4 is 35.1 Å². The highest BCUT2D eigenvalue weighted by atomic mass is 35.5. The van der Waals surface area contributed by atoms with Gasteiger partial charge < -0.3 is 5.32 Å². The van der Waals surface area contributed by atoms with E-state index in [0.29, 0.717) is 28.9 Å². The van der Waals surface area contributed by atoms with Crippen LogP contribution < -0.4 is 10.6 Å². The lowest BCUT2D eigenvalue weighted by Crippen LogP contribution is -2.24. The lowest BCUT2D eigenvalue weighted by Gasteiger charge is -2.10. The molecule has 8 heteroatoms. The van der Waals surface area contributed by atoms with E-state index in [0.717, 1.165) is 0 Å². The summed E-state index contributed by atoms with van der Waals surface area (Å²) in [4.78, 5) is 28.2. The molecule has 1 aromatic heterocycles. The van der Waals surface area contributed by atoms with Crippen LogP contribution in [0, 0.1) is 0 Å². The van der Waals surface area contributed by atoms with E-state index < -0.39 is 6.04 Å². The molecule has 2 amide bonds. The van der Waals surface area contributed by atoms with Crippen molar-refractivity contribution in [3.05, 3.63) is 35.1 Å². The number of nitrogens with one attached hydrogen (secondary N) is 2. The van der Waals surface area contributed by atoms with Gasteiger partial charge in [0.25, 0.3) is 5.91 Å². The number of aromatic nitrogens is 3. The van der Waals surface area contributed by atoms with Crippen molar-refractivity contribution < 1.29 is 9.59 Å². The number of fused-ring (bicyclic) bond motifs is 1. The molecule has 0 saturated carbocycles. The fraction of sp³-hybridized carbons (Fsp3) is 0.286. The average molecular weight is 320 g/mol. The van der Waals surface area contributed by atoms with E-state index in [1.165, 1.54) is 4.68 Å². The maximum absolute atomic E-state index is 12.1. The van der Waals surface area contributed by atoms with Crippen molar-refractivity contribution in [3.63, 3.8) is 0 Å². The van der Waals surface area contributed by atoms with Crippen LogP contribution in [0.3, 0.4) is 0 Å². The third-order valence-corrected chi connectivity index (χ3v) is 3.55. The maximum atomic E-state index is 12.1. The van der Waals surface area contributed by atoms with E-state index in [1.807, 2.05) is 6.92 Å². The number of carbonyl (C=O) groups excluding carboxylic acids is 2. The minimum absolute atomic E-state index is 0.0160. The Kier molecular flexibility index (Phi) is 3.81. The molecule has 1 aromatic carbocycles. The molecule has 3 rings (SSSR count). The Morgan fingerprint density at radius 3 is 3.05 bits per heavy atom. The van der Waals surface area contributed by atoms with E-state index in [-0.39, 0.29) is 18.2 Å². The van der Waals surface area contributed by atoms with Gasteiger partial charge in [-0.05, 0) is 18.2 Å². The van der Waals surface area contributed by atoms with Gasteiger partial charge in [0.05, 0.1) is 6.42 Å². The third kappa shape index (κ3) is 2.80. The second kappa shape index (κ2) is 5.76. The van der Waals surface area contributed by atoms with Crippen molar-refractivity contribution in [2.24, 2.45) is 0 Å². The number of hydrogen-bond donors (Lipinski definition) is 2. The van der Waals surface area contributed by atoms with Crippen molar-refractivity contribution in [3.8, 4) is 0 Å². The number of amides is 2. The Morgan fingerprint density at radius 2 is 2.32 bits per heavy atom. The molecule has 0 fully saturated rings. The quantitative estimate of drug-likeness (QED) is 0.902. The van der Waals surface area contributed by atoms with Gasteiger partial charge in [-0.25, -0.2) is 4.68 Å². The molecule has 1 aliphatic heterocycles. The lowest BCUT2D eigenvalue weighted by atomic mass is 10.2. The standard InChI is InChI=1S/C14H14ClN5O2/c1-2-11-17-14-18-13(22)10(20(14)19-11)7-12(21)16-9-5-3-4-8(15)6-9/h3-6,10H,2,7H2,1H3,(H,16,21)(H,17,18,19,22)/t10-/m1/s1. The number of halogens is 1. The van der Waals surface area contributed by atoms with Crippen LogP contribution >= 0.6 is 11.6 Å². The van der Waals surface area contributed by atoms with Crippen LogP contribution in [-0.2, 0) is 16.0 Å². The van der Waals surface area contributed by atoms with Crippen LogP contribution in [0.4, 0.5) is 11.6 Å². The molecule has 2 N–H and O–H groups in total. The minimum Gasteiger partial charge on any atom is -0.326 e. The number of aryl methyl sites for hydroxylation is 1. The maximum Gasteiger partial charge on any atom is 0.252 e. The van der Waals surface area contributed by atoms with Crippen LogP contribution in [0.2, 0.25) is 5.02 Å². The molecule has 114 valence electrons. The van der Waals surface area contributed by atoms with Crippen molar-refractivity contribution in [1.82, 2.24) is 14.8 Å². The first-order valence-corrected chi connectivity index (χ1v) is 7.26. The number of hydrogen-bond acceptors (Lipinski definition) is 4. The summed E-state index contributed by atoms with van der Waals surface area (Å²) in [5.41, 5.74) is 0.587. The summed E-state index contributed by atoms with van der Waals surface area (Å²) in [6.07, 6.45) is 0.648. The Bertz CT molecular complexity index is 743. The molecule has 1 atom stereocenters. The van der Waals surface area contributed by atoms with Gasteiger partial charge in [-0.3, -0.25) is 14.9 Å². The zero-order valence-corrected chi connectivity index (χ0v) is 12.6. The average Bonchev–Trinajstić information content (AvgIpc) is 2.98. The van der Waals surface area contributed by atoms with Crippen LogP contribution in [0.5, 0.6) is 0 Å². The summed E-state index contributed by atoms with van der Waals surface area (Å²) in [6.45, 7) is 1.92.